The minimum atomic E-state index is 1.22. The third-order valence-electron chi connectivity index (χ3n) is 10.7. The summed E-state index contributed by atoms with van der Waals surface area (Å²) in [6, 6.07) is 37.7. The molecule has 0 aliphatic heterocycles. The molecule has 4 heteroatoms. The maximum absolute atomic E-state index is 2.41. The fourth-order valence-electron chi connectivity index (χ4n) is 7.82. The SMILES string of the molecule is CCCCCCCCc1ccc(-c2ccc(-c3cc4ccc5cc(-c6ccc(-c7ccc(CCCCCCCC)s7)s6)cc6ccc(c3)c4c56)s2)s1. The molecule has 0 atom stereocenters. The molecular formula is C48H50S4. The molecular weight excluding hydrogens is 705 g/mol. The molecule has 4 aromatic heterocycles. The van der Waals surface area contributed by atoms with Crippen LogP contribution in [0.1, 0.15) is 101 Å². The van der Waals surface area contributed by atoms with Gasteiger partial charge in [-0.1, -0.05) is 102 Å². The summed E-state index contributed by atoms with van der Waals surface area (Å²) in [5, 5.41) is 8.11. The molecule has 0 nitrogen and oxygen atoms in total. The maximum Gasteiger partial charge on any atom is 0.0449 e. The number of unbranched alkanes of at least 4 members (excludes halogenated alkanes) is 10. The summed E-state index contributed by atoms with van der Waals surface area (Å²) in [6.45, 7) is 4.58. The number of aryl methyl sites for hydroxylation is 2. The summed E-state index contributed by atoms with van der Waals surface area (Å²) in [5.74, 6) is 0. The van der Waals surface area contributed by atoms with Crippen molar-refractivity contribution in [2.45, 2.75) is 104 Å². The number of hydrogen-bond donors (Lipinski definition) is 0. The first-order chi connectivity index (χ1) is 25.7. The van der Waals surface area contributed by atoms with Crippen LogP contribution >= 0.6 is 45.3 Å². The van der Waals surface area contributed by atoms with Crippen molar-refractivity contribution >= 4 is 77.7 Å². The normalized spacial score (nSPS) is 12.0. The highest BCUT2D eigenvalue weighted by molar-refractivity contribution is 7.24. The number of rotatable bonds is 18. The largest absolute Gasteiger partial charge is 0.139 e. The van der Waals surface area contributed by atoms with Crippen LogP contribution in [0.15, 0.2) is 97.1 Å². The van der Waals surface area contributed by atoms with E-state index in [0.717, 1.165) is 0 Å². The zero-order chi connectivity index (χ0) is 35.3. The van der Waals surface area contributed by atoms with E-state index in [2.05, 4.69) is 111 Å². The Morgan fingerprint density at radius 3 is 1.06 bits per heavy atom. The number of benzene rings is 4. The molecule has 52 heavy (non-hydrogen) atoms. The lowest BCUT2D eigenvalue weighted by atomic mass is 9.91. The lowest BCUT2D eigenvalue weighted by Crippen LogP contribution is -1.86. The molecule has 0 aliphatic rings. The number of thiophene rings is 4. The summed E-state index contributed by atoms with van der Waals surface area (Å²) in [5.41, 5.74) is 2.64. The monoisotopic (exact) mass is 754 g/mol. The van der Waals surface area contributed by atoms with Gasteiger partial charge in [-0.3, -0.25) is 0 Å². The van der Waals surface area contributed by atoms with Crippen molar-refractivity contribution in [2.75, 3.05) is 0 Å². The first-order valence-corrected chi connectivity index (χ1v) is 23.0. The third-order valence-corrected chi connectivity index (χ3v) is 15.6. The molecule has 4 heterocycles. The first-order valence-electron chi connectivity index (χ1n) is 19.8. The summed E-state index contributed by atoms with van der Waals surface area (Å²) < 4.78 is 0. The van der Waals surface area contributed by atoms with E-state index in [1.165, 1.54) is 172 Å². The molecule has 0 saturated heterocycles. The predicted octanol–water partition coefficient (Wildman–Crippen LogP) is 17.3. The van der Waals surface area contributed by atoms with Gasteiger partial charge in [0.25, 0.3) is 0 Å². The Bertz CT molecular complexity index is 2120. The summed E-state index contributed by atoms with van der Waals surface area (Å²) in [4.78, 5) is 11.3. The van der Waals surface area contributed by atoms with Crippen LogP contribution in [0.5, 0.6) is 0 Å². The van der Waals surface area contributed by atoms with Crippen LogP contribution in [0.25, 0.3) is 72.7 Å². The van der Waals surface area contributed by atoms with E-state index in [1.807, 2.05) is 45.3 Å². The molecule has 0 N–H and O–H groups in total. The van der Waals surface area contributed by atoms with Gasteiger partial charge >= 0.3 is 0 Å². The average Bonchev–Trinajstić information content (AvgIpc) is 4.01. The summed E-state index contributed by atoms with van der Waals surface area (Å²) in [7, 11) is 0. The highest BCUT2D eigenvalue weighted by Gasteiger charge is 2.15. The fourth-order valence-corrected chi connectivity index (χ4v) is 12.1. The van der Waals surface area contributed by atoms with Crippen molar-refractivity contribution < 1.29 is 0 Å². The van der Waals surface area contributed by atoms with E-state index in [-0.39, 0.29) is 0 Å². The van der Waals surface area contributed by atoms with Gasteiger partial charge in [-0.15, -0.1) is 45.3 Å². The quantitative estimate of drug-likeness (QED) is 0.0604. The van der Waals surface area contributed by atoms with E-state index in [9.17, 15) is 0 Å². The van der Waals surface area contributed by atoms with Crippen LogP contribution < -0.4 is 0 Å². The van der Waals surface area contributed by atoms with Crippen molar-refractivity contribution in [3.63, 3.8) is 0 Å². The summed E-state index contributed by atoms with van der Waals surface area (Å²) in [6.07, 6.45) is 18.7. The Kier molecular flexibility index (Phi) is 11.6. The molecule has 0 fully saturated rings. The molecule has 8 rings (SSSR count). The van der Waals surface area contributed by atoms with Crippen molar-refractivity contribution in [1.29, 1.82) is 0 Å². The molecule has 8 aromatic rings. The molecule has 0 radical (unpaired) electrons. The Morgan fingerprint density at radius 2 is 0.654 bits per heavy atom. The van der Waals surface area contributed by atoms with Gasteiger partial charge in [-0.2, -0.15) is 0 Å². The zero-order valence-electron chi connectivity index (χ0n) is 30.8. The molecule has 4 aromatic carbocycles. The molecule has 0 saturated carbocycles. The van der Waals surface area contributed by atoms with E-state index in [4.69, 9.17) is 0 Å². The second kappa shape index (κ2) is 16.8. The van der Waals surface area contributed by atoms with Crippen molar-refractivity contribution in [3.05, 3.63) is 107 Å². The standard InChI is InChI=1S/C48H50S4/c1-3-5-7-9-11-13-15-39-21-23-43(49-39)45-27-25-41(51-45)37-29-33-17-19-35-31-38(32-36-20-18-34(30-37)47(33)48(35)36)42-26-28-46(52-42)44-24-22-40(50-44)16-14-12-10-8-6-4-2/h17-32H,3-16H2,1-2H3. The molecule has 266 valence electrons. The smallest absolute Gasteiger partial charge is 0.0449 e. The van der Waals surface area contributed by atoms with Gasteiger partial charge in [0.1, 0.15) is 0 Å². The van der Waals surface area contributed by atoms with Crippen molar-refractivity contribution in [3.8, 4) is 40.4 Å². The molecule has 0 amide bonds. The van der Waals surface area contributed by atoms with Gasteiger partial charge in [0.2, 0.25) is 0 Å². The van der Waals surface area contributed by atoms with E-state index < -0.39 is 0 Å². The maximum atomic E-state index is 2.41. The van der Waals surface area contributed by atoms with Gasteiger partial charge < -0.3 is 0 Å². The second-order valence-corrected chi connectivity index (χ2v) is 19.1. The minimum absolute atomic E-state index is 1.22. The van der Waals surface area contributed by atoms with Gasteiger partial charge in [0.15, 0.2) is 0 Å². The molecule has 0 unspecified atom stereocenters. The Morgan fingerprint density at radius 1 is 0.327 bits per heavy atom. The van der Waals surface area contributed by atoms with Crippen LogP contribution in [0.3, 0.4) is 0 Å². The van der Waals surface area contributed by atoms with Crippen LogP contribution in [-0.4, -0.2) is 0 Å². The van der Waals surface area contributed by atoms with Crippen LogP contribution in [0, 0.1) is 0 Å². The van der Waals surface area contributed by atoms with E-state index in [1.54, 1.807) is 0 Å². The molecule has 0 aliphatic carbocycles. The van der Waals surface area contributed by atoms with Crippen LogP contribution in [0.2, 0.25) is 0 Å². The van der Waals surface area contributed by atoms with E-state index >= 15 is 0 Å². The number of hydrogen-bond acceptors (Lipinski definition) is 4. The van der Waals surface area contributed by atoms with Crippen LogP contribution in [0.4, 0.5) is 0 Å². The summed E-state index contributed by atoms with van der Waals surface area (Å²) >= 11 is 7.84. The lowest BCUT2D eigenvalue weighted by molar-refractivity contribution is 0.609. The Labute approximate surface area is 326 Å². The van der Waals surface area contributed by atoms with Gasteiger partial charge in [0, 0.05) is 39.0 Å². The fraction of sp³-hybridized carbons (Fsp3) is 0.333. The highest BCUT2D eigenvalue weighted by Crippen LogP contribution is 2.44. The van der Waals surface area contributed by atoms with Crippen LogP contribution in [-0.2, 0) is 12.8 Å². The molecule has 0 spiro atoms. The highest BCUT2D eigenvalue weighted by atomic mass is 32.1. The van der Waals surface area contributed by atoms with Crippen molar-refractivity contribution in [2.24, 2.45) is 0 Å². The zero-order valence-corrected chi connectivity index (χ0v) is 34.0. The van der Waals surface area contributed by atoms with Gasteiger partial charge in [-0.05, 0) is 142 Å². The van der Waals surface area contributed by atoms with Gasteiger partial charge in [0.05, 0.1) is 0 Å². The minimum Gasteiger partial charge on any atom is -0.139 e. The Hall–Kier alpha value is -3.28. The second-order valence-electron chi connectivity index (χ2n) is 14.6. The topological polar surface area (TPSA) is 0 Å². The van der Waals surface area contributed by atoms with E-state index in [0.29, 0.717) is 0 Å². The predicted molar refractivity (Wildman–Crippen MR) is 238 cm³/mol. The third kappa shape index (κ3) is 7.97. The first kappa shape index (κ1) is 35.7. The Balaban J connectivity index is 0.978. The lowest BCUT2D eigenvalue weighted by Gasteiger charge is -2.13. The van der Waals surface area contributed by atoms with Crippen molar-refractivity contribution in [1.82, 2.24) is 0 Å². The van der Waals surface area contributed by atoms with Gasteiger partial charge in [-0.25, -0.2) is 0 Å². The molecule has 0 bridgehead atoms. The average molecular weight is 755 g/mol.